The summed E-state index contributed by atoms with van der Waals surface area (Å²) in [5.41, 5.74) is 2.46. The molecule has 154 valence electrons. The van der Waals surface area contributed by atoms with Crippen LogP contribution in [0, 0.1) is 0 Å². The van der Waals surface area contributed by atoms with Crippen LogP contribution in [0.15, 0.2) is 29.3 Å². The predicted molar refractivity (Wildman–Crippen MR) is 125 cm³/mol. The van der Waals surface area contributed by atoms with E-state index in [1.807, 2.05) is 0 Å². The Bertz CT molecular complexity index is 569. The number of hydrogen-bond donors (Lipinski definition) is 2. The summed E-state index contributed by atoms with van der Waals surface area (Å²) >= 11 is 0. The maximum Gasteiger partial charge on any atom is 0.191 e. The normalized spacial score (nSPS) is 16.4. The molecule has 0 aliphatic carbocycles. The van der Waals surface area contributed by atoms with Gasteiger partial charge in [-0.05, 0) is 50.9 Å². The molecule has 1 fully saturated rings. The van der Waals surface area contributed by atoms with Crippen molar-refractivity contribution in [3.63, 3.8) is 0 Å². The number of nitrogens with one attached hydrogen (secondary N) is 2. The number of benzene rings is 1. The fourth-order valence-electron chi connectivity index (χ4n) is 3.17. The Morgan fingerprint density at radius 2 is 1.78 bits per heavy atom. The van der Waals surface area contributed by atoms with E-state index in [0.29, 0.717) is 6.54 Å². The molecular weight excluding hydrogens is 451 g/mol. The van der Waals surface area contributed by atoms with E-state index in [4.69, 9.17) is 4.74 Å². The van der Waals surface area contributed by atoms with Gasteiger partial charge in [0, 0.05) is 33.8 Å². The maximum absolute atomic E-state index is 5.44. The average Bonchev–Trinajstić information content (AvgIpc) is 2.91. The van der Waals surface area contributed by atoms with Crippen molar-refractivity contribution in [1.29, 1.82) is 0 Å². The Morgan fingerprint density at radius 1 is 1.11 bits per heavy atom. The molecule has 1 saturated heterocycles. The van der Waals surface area contributed by atoms with Crippen LogP contribution in [0.1, 0.15) is 50.7 Å². The third-order valence-electron chi connectivity index (χ3n) is 5.01. The molecule has 1 aromatic carbocycles. The molecule has 0 saturated carbocycles. The zero-order chi connectivity index (χ0) is 18.8. The minimum absolute atomic E-state index is 0. The first-order valence-corrected chi connectivity index (χ1v) is 9.82. The molecule has 0 radical (unpaired) electrons. The topological polar surface area (TPSA) is 48.9 Å². The third kappa shape index (κ3) is 9.25. The molecule has 2 N–H and O–H groups in total. The smallest absolute Gasteiger partial charge is 0.191 e. The summed E-state index contributed by atoms with van der Waals surface area (Å²) in [5, 5.41) is 6.72. The van der Waals surface area contributed by atoms with Gasteiger partial charge in [-0.15, -0.1) is 24.0 Å². The first-order valence-electron chi connectivity index (χ1n) is 9.82. The second-order valence-corrected chi connectivity index (χ2v) is 7.75. The quantitative estimate of drug-likeness (QED) is 0.349. The Morgan fingerprint density at radius 3 is 2.41 bits per heavy atom. The number of hydrogen-bond acceptors (Lipinski definition) is 3. The molecule has 0 spiro atoms. The van der Waals surface area contributed by atoms with E-state index in [1.165, 1.54) is 49.9 Å². The molecule has 1 aliphatic heterocycles. The van der Waals surface area contributed by atoms with Crippen molar-refractivity contribution in [1.82, 2.24) is 15.5 Å². The Hall–Kier alpha value is -0.860. The molecule has 0 unspecified atom stereocenters. The number of likely N-dealkylation sites (tertiary alicyclic amines) is 1. The fourth-order valence-corrected chi connectivity index (χ4v) is 3.17. The highest BCUT2D eigenvalue weighted by Crippen LogP contribution is 2.14. The summed E-state index contributed by atoms with van der Waals surface area (Å²) in [6.07, 6.45) is 5.43. The number of methoxy groups -OCH3 is 1. The van der Waals surface area contributed by atoms with E-state index in [1.54, 1.807) is 14.2 Å². The molecule has 1 aromatic rings. The molecule has 1 aliphatic rings. The van der Waals surface area contributed by atoms with Gasteiger partial charge in [0.25, 0.3) is 0 Å². The monoisotopic (exact) mass is 488 g/mol. The largest absolute Gasteiger partial charge is 0.377 e. The Kier molecular flexibility index (Phi) is 11.3. The number of nitrogens with zero attached hydrogens (tertiary/aromatic N) is 2. The Labute approximate surface area is 182 Å². The zero-order valence-electron chi connectivity index (χ0n) is 17.4. The van der Waals surface area contributed by atoms with Crippen LogP contribution < -0.4 is 10.6 Å². The first kappa shape index (κ1) is 24.2. The van der Waals surface area contributed by atoms with Crippen LogP contribution in [0.25, 0.3) is 0 Å². The second-order valence-electron chi connectivity index (χ2n) is 7.75. The highest BCUT2D eigenvalue weighted by molar-refractivity contribution is 14.0. The van der Waals surface area contributed by atoms with Crippen LogP contribution in [0.2, 0.25) is 0 Å². The number of ether oxygens (including phenoxy) is 1. The van der Waals surface area contributed by atoms with Gasteiger partial charge in [0.2, 0.25) is 0 Å². The highest BCUT2D eigenvalue weighted by atomic mass is 127. The van der Waals surface area contributed by atoms with Crippen LogP contribution in [0.4, 0.5) is 0 Å². The number of aliphatic imine (C=N–C) groups is 1. The number of rotatable bonds is 7. The lowest BCUT2D eigenvalue weighted by atomic mass is 10.1. The SMILES string of the molecule is CN=C(NCc1cccc(CN2CCCCCC2)c1)NCC(C)(C)OC.I. The van der Waals surface area contributed by atoms with Crippen molar-refractivity contribution in [3.05, 3.63) is 35.4 Å². The van der Waals surface area contributed by atoms with Crippen molar-refractivity contribution in [2.75, 3.05) is 33.8 Å². The molecule has 0 atom stereocenters. The van der Waals surface area contributed by atoms with Crippen LogP contribution >= 0.6 is 24.0 Å². The maximum atomic E-state index is 5.44. The minimum atomic E-state index is -0.218. The van der Waals surface area contributed by atoms with Crippen molar-refractivity contribution >= 4 is 29.9 Å². The highest BCUT2D eigenvalue weighted by Gasteiger charge is 2.16. The molecule has 2 rings (SSSR count). The van der Waals surface area contributed by atoms with Gasteiger partial charge in [-0.3, -0.25) is 9.89 Å². The molecule has 0 amide bonds. The van der Waals surface area contributed by atoms with Crippen LogP contribution in [-0.4, -0.2) is 50.3 Å². The van der Waals surface area contributed by atoms with E-state index in [9.17, 15) is 0 Å². The standard InChI is InChI=1S/C21H36N4O.HI/c1-21(2,26-4)17-24-20(22-3)23-15-18-10-9-11-19(14-18)16-25-12-7-5-6-8-13-25;/h9-11,14H,5-8,12-13,15-17H2,1-4H3,(H2,22,23,24);1H. The van der Waals surface area contributed by atoms with Crippen molar-refractivity contribution in [2.24, 2.45) is 4.99 Å². The third-order valence-corrected chi connectivity index (χ3v) is 5.01. The second kappa shape index (κ2) is 12.6. The molecule has 5 nitrogen and oxygen atoms in total. The van der Waals surface area contributed by atoms with Gasteiger partial charge in [0.1, 0.15) is 0 Å². The predicted octanol–water partition coefficient (Wildman–Crippen LogP) is 3.77. The molecule has 27 heavy (non-hydrogen) atoms. The van der Waals surface area contributed by atoms with Crippen molar-refractivity contribution in [2.45, 2.75) is 58.2 Å². The number of guanidine groups is 1. The van der Waals surface area contributed by atoms with Gasteiger partial charge >= 0.3 is 0 Å². The Balaban J connectivity index is 0.00000364. The average molecular weight is 488 g/mol. The minimum Gasteiger partial charge on any atom is -0.377 e. The van der Waals surface area contributed by atoms with E-state index in [-0.39, 0.29) is 29.6 Å². The van der Waals surface area contributed by atoms with Gasteiger partial charge in [-0.25, -0.2) is 0 Å². The lowest BCUT2D eigenvalue weighted by molar-refractivity contribution is 0.0268. The molecule has 0 aromatic heterocycles. The van der Waals surface area contributed by atoms with Crippen LogP contribution in [0.5, 0.6) is 0 Å². The lowest BCUT2D eigenvalue weighted by Gasteiger charge is -2.24. The van der Waals surface area contributed by atoms with Gasteiger partial charge in [-0.1, -0.05) is 37.1 Å². The fraction of sp³-hybridized carbons (Fsp3) is 0.667. The van der Waals surface area contributed by atoms with E-state index < -0.39 is 0 Å². The van der Waals surface area contributed by atoms with Gasteiger partial charge in [0.05, 0.1) is 5.60 Å². The summed E-state index contributed by atoms with van der Waals surface area (Å²) < 4.78 is 5.44. The summed E-state index contributed by atoms with van der Waals surface area (Å²) in [4.78, 5) is 6.89. The summed E-state index contributed by atoms with van der Waals surface area (Å²) in [7, 11) is 3.53. The summed E-state index contributed by atoms with van der Waals surface area (Å²) in [5.74, 6) is 0.799. The van der Waals surface area contributed by atoms with Gasteiger partial charge < -0.3 is 15.4 Å². The van der Waals surface area contributed by atoms with Crippen LogP contribution in [-0.2, 0) is 17.8 Å². The van der Waals surface area contributed by atoms with Gasteiger partial charge in [-0.2, -0.15) is 0 Å². The molecule has 6 heteroatoms. The van der Waals surface area contributed by atoms with Crippen molar-refractivity contribution < 1.29 is 4.74 Å². The molecular formula is C21H37IN4O. The van der Waals surface area contributed by atoms with E-state index in [2.05, 4.69) is 58.6 Å². The molecule has 1 heterocycles. The number of halogens is 1. The van der Waals surface area contributed by atoms with Crippen LogP contribution in [0.3, 0.4) is 0 Å². The molecule has 0 bridgehead atoms. The van der Waals surface area contributed by atoms with E-state index >= 15 is 0 Å². The van der Waals surface area contributed by atoms with E-state index in [0.717, 1.165) is 19.0 Å². The lowest BCUT2D eigenvalue weighted by Crippen LogP contribution is -2.45. The summed E-state index contributed by atoms with van der Waals surface area (Å²) in [6.45, 7) is 9.10. The zero-order valence-corrected chi connectivity index (χ0v) is 19.7. The summed E-state index contributed by atoms with van der Waals surface area (Å²) in [6, 6.07) is 8.88. The van der Waals surface area contributed by atoms with Crippen molar-refractivity contribution in [3.8, 4) is 0 Å². The van der Waals surface area contributed by atoms with Gasteiger partial charge in [0.15, 0.2) is 5.96 Å². The first-order chi connectivity index (χ1) is 12.5.